The van der Waals surface area contributed by atoms with E-state index in [1.165, 1.54) is 19.2 Å². The van der Waals surface area contributed by atoms with E-state index in [1.54, 1.807) is 18.2 Å². The SMILES string of the molecule is COc1cc([N+](=O)[O-])cc2c1N[C@H](c1cccc([N+](=O)[O-])c1)[C@H]1CC=C[C@H]21. The topological polar surface area (TPSA) is 108 Å². The normalized spacial score (nSPS) is 22.5. The van der Waals surface area contributed by atoms with Crippen LogP contribution >= 0.6 is 0 Å². The van der Waals surface area contributed by atoms with Crippen molar-refractivity contribution in [3.8, 4) is 5.75 Å². The molecule has 0 fully saturated rings. The van der Waals surface area contributed by atoms with Crippen LogP contribution in [0, 0.1) is 26.1 Å². The van der Waals surface area contributed by atoms with Gasteiger partial charge in [0, 0.05) is 24.1 Å². The van der Waals surface area contributed by atoms with Crippen LogP contribution in [-0.4, -0.2) is 17.0 Å². The first-order valence-corrected chi connectivity index (χ1v) is 8.53. The van der Waals surface area contributed by atoms with Crippen molar-refractivity contribution >= 4 is 17.1 Å². The van der Waals surface area contributed by atoms with Crippen molar-refractivity contribution in [1.82, 2.24) is 0 Å². The van der Waals surface area contributed by atoms with Gasteiger partial charge in [0.2, 0.25) is 0 Å². The highest BCUT2D eigenvalue weighted by Crippen LogP contribution is 2.53. The van der Waals surface area contributed by atoms with E-state index in [1.807, 2.05) is 6.07 Å². The summed E-state index contributed by atoms with van der Waals surface area (Å²) in [7, 11) is 1.47. The lowest BCUT2D eigenvalue weighted by Crippen LogP contribution is -2.29. The maximum absolute atomic E-state index is 11.3. The molecule has 8 heteroatoms. The Hall–Kier alpha value is -3.42. The predicted octanol–water partition coefficient (Wildman–Crippen LogP) is 4.34. The second-order valence-corrected chi connectivity index (χ2v) is 6.70. The van der Waals surface area contributed by atoms with Crippen LogP contribution in [0.5, 0.6) is 5.75 Å². The molecule has 0 aromatic heterocycles. The number of ether oxygens (including phenoxy) is 1. The average molecular weight is 367 g/mol. The van der Waals surface area contributed by atoms with Gasteiger partial charge in [0.25, 0.3) is 11.4 Å². The molecule has 0 bridgehead atoms. The molecule has 0 amide bonds. The molecular weight excluding hydrogens is 350 g/mol. The first kappa shape index (κ1) is 17.0. The Morgan fingerprint density at radius 2 is 1.89 bits per heavy atom. The number of fused-ring (bicyclic) bond motifs is 3. The fourth-order valence-corrected chi connectivity index (χ4v) is 4.08. The van der Waals surface area contributed by atoms with Crippen LogP contribution in [0.25, 0.3) is 0 Å². The first-order valence-electron chi connectivity index (χ1n) is 8.53. The molecule has 0 saturated carbocycles. The molecule has 2 aromatic rings. The van der Waals surface area contributed by atoms with Gasteiger partial charge in [-0.15, -0.1) is 0 Å². The highest BCUT2D eigenvalue weighted by Gasteiger charge is 2.40. The molecule has 0 radical (unpaired) electrons. The molecule has 1 heterocycles. The molecule has 138 valence electrons. The van der Waals surface area contributed by atoms with E-state index in [-0.39, 0.29) is 29.3 Å². The summed E-state index contributed by atoms with van der Waals surface area (Å²) in [5.74, 6) is 0.499. The average Bonchev–Trinajstić information content (AvgIpc) is 3.16. The Labute approximate surface area is 154 Å². The third kappa shape index (κ3) is 2.79. The van der Waals surface area contributed by atoms with Crippen molar-refractivity contribution in [2.24, 2.45) is 5.92 Å². The fourth-order valence-electron chi connectivity index (χ4n) is 4.08. The number of rotatable bonds is 4. The van der Waals surface area contributed by atoms with Gasteiger partial charge < -0.3 is 10.1 Å². The van der Waals surface area contributed by atoms with Gasteiger partial charge >= 0.3 is 0 Å². The van der Waals surface area contributed by atoms with Crippen LogP contribution in [0.1, 0.15) is 29.5 Å². The van der Waals surface area contributed by atoms with Gasteiger partial charge in [-0.05, 0) is 23.5 Å². The summed E-state index contributed by atoms with van der Waals surface area (Å²) in [5, 5.41) is 25.9. The van der Waals surface area contributed by atoms with Crippen LogP contribution in [-0.2, 0) is 0 Å². The number of nitro benzene ring substituents is 2. The minimum atomic E-state index is -0.427. The van der Waals surface area contributed by atoms with Crippen molar-refractivity contribution in [2.75, 3.05) is 12.4 Å². The molecule has 2 aliphatic rings. The van der Waals surface area contributed by atoms with E-state index in [2.05, 4.69) is 17.5 Å². The van der Waals surface area contributed by atoms with E-state index in [9.17, 15) is 20.2 Å². The lowest BCUT2D eigenvalue weighted by molar-refractivity contribution is -0.385. The summed E-state index contributed by atoms with van der Waals surface area (Å²) in [6.45, 7) is 0. The second-order valence-electron chi connectivity index (χ2n) is 6.70. The molecule has 4 rings (SSSR count). The Bertz CT molecular complexity index is 972. The standard InChI is InChI=1S/C19H17N3O5/c1-27-17-10-13(22(25)26)9-16-14-6-3-7-15(14)18(20-19(16)17)11-4-2-5-12(8-11)21(23)24/h2-6,8-10,14-15,18,20H,7H2,1H3/t14-,15-,18+/m0/s1. The van der Waals surface area contributed by atoms with Gasteiger partial charge in [0.15, 0.2) is 0 Å². The molecule has 1 aliphatic carbocycles. The number of hydrogen-bond acceptors (Lipinski definition) is 6. The number of nitro groups is 2. The fraction of sp³-hybridized carbons (Fsp3) is 0.263. The van der Waals surface area contributed by atoms with Gasteiger partial charge in [-0.25, -0.2) is 0 Å². The molecule has 1 N–H and O–H groups in total. The lowest BCUT2D eigenvalue weighted by Gasteiger charge is -2.37. The summed E-state index contributed by atoms with van der Waals surface area (Å²) >= 11 is 0. The van der Waals surface area contributed by atoms with Crippen molar-refractivity contribution in [3.05, 3.63) is 79.9 Å². The third-order valence-corrected chi connectivity index (χ3v) is 5.29. The van der Waals surface area contributed by atoms with Crippen LogP contribution in [0.3, 0.4) is 0 Å². The Kier molecular flexibility index (Phi) is 4.02. The molecule has 0 saturated heterocycles. The van der Waals surface area contributed by atoms with Crippen molar-refractivity contribution < 1.29 is 14.6 Å². The van der Waals surface area contributed by atoms with Crippen molar-refractivity contribution in [2.45, 2.75) is 18.4 Å². The number of allylic oxidation sites excluding steroid dienone is 2. The van der Waals surface area contributed by atoms with Crippen molar-refractivity contribution in [1.29, 1.82) is 0 Å². The van der Waals surface area contributed by atoms with Crippen LogP contribution < -0.4 is 10.1 Å². The van der Waals surface area contributed by atoms with E-state index in [0.29, 0.717) is 11.4 Å². The maximum Gasteiger partial charge on any atom is 0.273 e. The maximum atomic E-state index is 11.3. The number of non-ortho nitro benzene ring substituents is 2. The van der Waals surface area contributed by atoms with Crippen LogP contribution in [0.2, 0.25) is 0 Å². The van der Waals surface area contributed by atoms with Gasteiger partial charge in [-0.1, -0.05) is 24.3 Å². The first-order chi connectivity index (χ1) is 13.0. The van der Waals surface area contributed by atoms with E-state index in [0.717, 1.165) is 17.5 Å². The number of methoxy groups -OCH3 is 1. The molecule has 3 atom stereocenters. The summed E-state index contributed by atoms with van der Waals surface area (Å²) in [6, 6.07) is 9.41. The zero-order chi connectivity index (χ0) is 19.1. The lowest BCUT2D eigenvalue weighted by atomic mass is 9.76. The van der Waals surface area contributed by atoms with Crippen LogP contribution in [0.15, 0.2) is 48.6 Å². The number of nitrogens with one attached hydrogen (secondary N) is 1. The minimum Gasteiger partial charge on any atom is -0.494 e. The number of nitrogens with zero attached hydrogens (tertiary/aromatic N) is 2. The van der Waals surface area contributed by atoms with Gasteiger partial charge in [0.05, 0.1) is 34.8 Å². The highest BCUT2D eigenvalue weighted by atomic mass is 16.6. The number of hydrogen-bond donors (Lipinski definition) is 1. The summed E-state index contributed by atoms with van der Waals surface area (Å²) < 4.78 is 5.40. The molecule has 1 aliphatic heterocycles. The zero-order valence-corrected chi connectivity index (χ0v) is 14.5. The molecule has 27 heavy (non-hydrogen) atoms. The van der Waals surface area contributed by atoms with E-state index < -0.39 is 9.85 Å². The quantitative estimate of drug-likeness (QED) is 0.489. The van der Waals surface area contributed by atoms with E-state index >= 15 is 0 Å². The molecule has 2 aromatic carbocycles. The highest BCUT2D eigenvalue weighted by molar-refractivity contribution is 5.71. The largest absolute Gasteiger partial charge is 0.494 e. The smallest absolute Gasteiger partial charge is 0.273 e. The summed E-state index contributed by atoms with van der Waals surface area (Å²) in [4.78, 5) is 21.6. The zero-order valence-electron chi connectivity index (χ0n) is 14.5. The Balaban J connectivity index is 1.83. The summed E-state index contributed by atoms with van der Waals surface area (Å²) in [6.07, 6.45) is 4.90. The summed E-state index contributed by atoms with van der Waals surface area (Å²) in [5.41, 5.74) is 2.36. The minimum absolute atomic E-state index is 0.0137. The Morgan fingerprint density at radius 3 is 2.59 bits per heavy atom. The van der Waals surface area contributed by atoms with Gasteiger partial charge in [0.1, 0.15) is 5.75 Å². The van der Waals surface area contributed by atoms with Crippen LogP contribution in [0.4, 0.5) is 17.1 Å². The molecule has 0 unspecified atom stereocenters. The molecular formula is C19H17N3O5. The molecule has 0 spiro atoms. The third-order valence-electron chi connectivity index (χ3n) is 5.29. The number of benzene rings is 2. The number of anilines is 1. The van der Waals surface area contributed by atoms with Gasteiger partial charge in [-0.3, -0.25) is 20.2 Å². The van der Waals surface area contributed by atoms with E-state index in [4.69, 9.17) is 4.74 Å². The monoisotopic (exact) mass is 367 g/mol. The van der Waals surface area contributed by atoms with Gasteiger partial charge in [-0.2, -0.15) is 0 Å². The predicted molar refractivity (Wildman–Crippen MR) is 99.1 cm³/mol. The Morgan fingerprint density at radius 1 is 1.11 bits per heavy atom. The second kappa shape index (κ2) is 6.39. The van der Waals surface area contributed by atoms with Crippen molar-refractivity contribution in [3.63, 3.8) is 0 Å². The molecule has 8 nitrogen and oxygen atoms in total.